The highest BCUT2D eigenvalue weighted by molar-refractivity contribution is 5.97. The minimum Gasteiger partial charge on any atom is -0.495 e. The number of carbonyl (C=O) groups is 2. The highest BCUT2D eigenvalue weighted by Crippen LogP contribution is 2.28. The zero-order chi connectivity index (χ0) is 17.8. The number of halogens is 1. The first-order chi connectivity index (χ1) is 12.1. The fourth-order valence-corrected chi connectivity index (χ4v) is 2.94. The lowest BCUT2D eigenvalue weighted by atomic mass is 9.95. The van der Waals surface area contributed by atoms with Crippen molar-refractivity contribution in [2.24, 2.45) is 0 Å². The molecular formula is C19H22ClN3O3. The lowest BCUT2D eigenvalue weighted by Crippen LogP contribution is -2.44. The van der Waals surface area contributed by atoms with E-state index in [0.717, 1.165) is 0 Å². The largest absolute Gasteiger partial charge is 0.495 e. The monoisotopic (exact) mass is 375 g/mol. The number of amides is 2. The smallest absolute Gasteiger partial charge is 0.241 e. The summed E-state index contributed by atoms with van der Waals surface area (Å²) in [6.45, 7) is 2.10. The molecule has 0 fully saturated rings. The summed E-state index contributed by atoms with van der Waals surface area (Å²) in [4.78, 5) is 23.9. The molecule has 7 heteroatoms. The van der Waals surface area contributed by atoms with Gasteiger partial charge in [-0.05, 0) is 35.7 Å². The summed E-state index contributed by atoms with van der Waals surface area (Å²) in [5.41, 5.74) is 3.55. The van der Waals surface area contributed by atoms with Crippen LogP contribution in [0.15, 0.2) is 42.5 Å². The van der Waals surface area contributed by atoms with Gasteiger partial charge < -0.3 is 20.7 Å². The molecule has 1 aliphatic heterocycles. The molecule has 0 aromatic heterocycles. The van der Waals surface area contributed by atoms with E-state index < -0.39 is 0 Å². The van der Waals surface area contributed by atoms with E-state index in [9.17, 15) is 9.59 Å². The quantitative estimate of drug-likeness (QED) is 0.767. The lowest BCUT2D eigenvalue weighted by Gasteiger charge is -2.25. The molecule has 2 aromatic rings. The Balaban J connectivity index is 0.00000243. The van der Waals surface area contributed by atoms with Crippen molar-refractivity contribution in [2.45, 2.75) is 25.9 Å². The van der Waals surface area contributed by atoms with Gasteiger partial charge in [-0.15, -0.1) is 12.4 Å². The fourth-order valence-electron chi connectivity index (χ4n) is 2.94. The maximum atomic E-state index is 12.6. The van der Waals surface area contributed by atoms with E-state index in [-0.39, 0.29) is 30.3 Å². The number of fused-ring (bicyclic) bond motifs is 1. The van der Waals surface area contributed by atoms with E-state index in [2.05, 4.69) is 28.1 Å². The average molecular weight is 376 g/mol. The third-order valence-corrected chi connectivity index (χ3v) is 4.18. The fraction of sp³-hybridized carbons (Fsp3) is 0.263. The summed E-state index contributed by atoms with van der Waals surface area (Å²) in [5, 5.41) is 8.86. The third-order valence-electron chi connectivity index (χ3n) is 4.18. The molecule has 0 bridgehead atoms. The van der Waals surface area contributed by atoms with Crippen molar-refractivity contribution in [3.8, 4) is 5.75 Å². The summed E-state index contributed by atoms with van der Waals surface area (Å²) in [6.07, 6.45) is 0.650. The molecule has 0 saturated carbocycles. The van der Waals surface area contributed by atoms with E-state index in [1.807, 2.05) is 12.1 Å². The number of hydrogen-bond donors (Lipinski definition) is 3. The molecule has 0 aliphatic carbocycles. The summed E-state index contributed by atoms with van der Waals surface area (Å²) in [5.74, 6) is 0.235. The molecule has 0 radical (unpaired) electrons. The van der Waals surface area contributed by atoms with Crippen molar-refractivity contribution in [3.63, 3.8) is 0 Å². The maximum Gasteiger partial charge on any atom is 0.241 e. The van der Waals surface area contributed by atoms with Crippen LogP contribution in [0.4, 0.5) is 11.4 Å². The Morgan fingerprint density at radius 2 is 1.85 bits per heavy atom. The van der Waals surface area contributed by atoms with Gasteiger partial charge in [-0.2, -0.15) is 0 Å². The van der Waals surface area contributed by atoms with Gasteiger partial charge in [-0.3, -0.25) is 9.59 Å². The van der Waals surface area contributed by atoms with Gasteiger partial charge in [0.1, 0.15) is 5.75 Å². The standard InChI is InChI=1S/C19H21N3O3.ClH/c1-12(23)21-16-10-15(7-8-18(16)25-2)22-19(24)17-9-13-5-3-4-6-14(13)11-20-17;/h3-8,10,17,20H,9,11H2,1-2H3,(H,21,23)(H,22,24);1H. The summed E-state index contributed by atoms with van der Waals surface area (Å²) in [6, 6.07) is 13.0. The number of ether oxygens (including phenoxy) is 1. The van der Waals surface area contributed by atoms with Crippen molar-refractivity contribution >= 4 is 35.6 Å². The molecule has 6 nitrogen and oxygen atoms in total. The Morgan fingerprint density at radius 3 is 2.54 bits per heavy atom. The Kier molecular flexibility index (Phi) is 6.60. The van der Waals surface area contributed by atoms with Gasteiger partial charge in [-0.1, -0.05) is 24.3 Å². The first-order valence-electron chi connectivity index (χ1n) is 8.13. The van der Waals surface area contributed by atoms with Crippen LogP contribution in [0.25, 0.3) is 0 Å². The van der Waals surface area contributed by atoms with Crippen LogP contribution in [0.1, 0.15) is 18.1 Å². The van der Waals surface area contributed by atoms with Gasteiger partial charge >= 0.3 is 0 Å². The van der Waals surface area contributed by atoms with Crippen LogP contribution in [0.5, 0.6) is 5.75 Å². The number of hydrogen-bond acceptors (Lipinski definition) is 4. The van der Waals surface area contributed by atoms with Crippen LogP contribution in [0, 0.1) is 0 Å². The Bertz CT molecular complexity index is 810. The Hall–Kier alpha value is -2.57. The summed E-state index contributed by atoms with van der Waals surface area (Å²) < 4.78 is 5.22. The van der Waals surface area contributed by atoms with Crippen molar-refractivity contribution < 1.29 is 14.3 Å². The van der Waals surface area contributed by atoms with E-state index >= 15 is 0 Å². The molecular weight excluding hydrogens is 354 g/mol. The molecule has 26 heavy (non-hydrogen) atoms. The number of anilines is 2. The molecule has 138 valence electrons. The Labute approximate surface area is 158 Å². The summed E-state index contributed by atoms with van der Waals surface area (Å²) >= 11 is 0. The number of rotatable bonds is 4. The molecule has 0 saturated heterocycles. The first kappa shape index (κ1) is 19.8. The van der Waals surface area contributed by atoms with Crippen molar-refractivity contribution in [1.82, 2.24) is 5.32 Å². The minimum atomic E-state index is -0.291. The minimum absolute atomic E-state index is 0. The molecule has 1 heterocycles. The Morgan fingerprint density at radius 1 is 1.12 bits per heavy atom. The SMILES string of the molecule is COc1ccc(NC(=O)C2Cc3ccccc3CN2)cc1NC(C)=O.Cl. The van der Waals surface area contributed by atoms with Crippen LogP contribution >= 0.6 is 12.4 Å². The van der Waals surface area contributed by atoms with Crippen LogP contribution in [0.3, 0.4) is 0 Å². The number of carbonyl (C=O) groups excluding carboxylic acids is 2. The van der Waals surface area contributed by atoms with Crippen LogP contribution < -0.4 is 20.7 Å². The molecule has 1 aliphatic rings. The molecule has 0 spiro atoms. The average Bonchev–Trinajstić information content (AvgIpc) is 2.61. The van der Waals surface area contributed by atoms with E-state index in [1.54, 1.807) is 18.2 Å². The lowest BCUT2D eigenvalue weighted by molar-refractivity contribution is -0.118. The molecule has 3 N–H and O–H groups in total. The molecule has 2 amide bonds. The second-order valence-corrected chi connectivity index (χ2v) is 5.99. The van der Waals surface area contributed by atoms with Crippen molar-refractivity contribution in [1.29, 1.82) is 0 Å². The first-order valence-corrected chi connectivity index (χ1v) is 8.13. The van der Waals surface area contributed by atoms with Crippen molar-refractivity contribution in [2.75, 3.05) is 17.7 Å². The predicted octanol–water partition coefficient (Wildman–Crippen LogP) is 2.73. The predicted molar refractivity (Wildman–Crippen MR) is 104 cm³/mol. The van der Waals surface area contributed by atoms with Crippen LogP contribution in [-0.2, 0) is 22.6 Å². The second-order valence-electron chi connectivity index (χ2n) is 5.99. The zero-order valence-electron chi connectivity index (χ0n) is 14.7. The maximum absolute atomic E-state index is 12.6. The number of methoxy groups -OCH3 is 1. The topological polar surface area (TPSA) is 79.5 Å². The van der Waals surface area contributed by atoms with Gasteiger partial charge in [-0.25, -0.2) is 0 Å². The van der Waals surface area contributed by atoms with Crippen LogP contribution in [0.2, 0.25) is 0 Å². The highest BCUT2D eigenvalue weighted by atomic mass is 35.5. The summed E-state index contributed by atoms with van der Waals surface area (Å²) in [7, 11) is 1.53. The van der Waals surface area contributed by atoms with Crippen LogP contribution in [-0.4, -0.2) is 25.0 Å². The van der Waals surface area contributed by atoms with Gasteiger partial charge in [0.25, 0.3) is 0 Å². The molecule has 1 atom stereocenters. The van der Waals surface area contributed by atoms with Gasteiger partial charge in [0.05, 0.1) is 18.8 Å². The van der Waals surface area contributed by atoms with Gasteiger partial charge in [0, 0.05) is 19.2 Å². The van der Waals surface area contributed by atoms with E-state index in [0.29, 0.717) is 30.1 Å². The van der Waals surface area contributed by atoms with Crippen molar-refractivity contribution in [3.05, 3.63) is 53.6 Å². The van der Waals surface area contributed by atoms with Gasteiger partial charge in [0.2, 0.25) is 11.8 Å². The zero-order valence-corrected chi connectivity index (χ0v) is 15.5. The highest BCUT2D eigenvalue weighted by Gasteiger charge is 2.24. The normalized spacial score (nSPS) is 15.2. The molecule has 1 unspecified atom stereocenters. The van der Waals surface area contributed by atoms with E-state index in [1.165, 1.54) is 25.2 Å². The third kappa shape index (κ3) is 4.53. The van der Waals surface area contributed by atoms with E-state index in [4.69, 9.17) is 4.74 Å². The molecule has 3 rings (SSSR count). The number of benzene rings is 2. The number of nitrogens with one attached hydrogen (secondary N) is 3. The van der Waals surface area contributed by atoms with Gasteiger partial charge in [0.15, 0.2) is 0 Å². The second kappa shape index (κ2) is 8.69. The molecule has 2 aromatic carbocycles.